The van der Waals surface area contributed by atoms with Gasteiger partial charge in [0.2, 0.25) is 0 Å². The largest absolute Gasteiger partial charge is 0.497 e. The molecule has 0 heterocycles. The summed E-state index contributed by atoms with van der Waals surface area (Å²) < 4.78 is 5.14. The van der Waals surface area contributed by atoms with Crippen LogP contribution in [0.3, 0.4) is 0 Å². The highest BCUT2D eigenvalue weighted by Crippen LogP contribution is 2.13. The van der Waals surface area contributed by atoms with E-state index in [1.165, 1.54) is 0 Å². The Morgan fingerprint density at radius 3 is 2.86 bits per heavy atom. The lowest BCUT2D eigenvalue weighted by molar-refractivity contribution is 0.414. The molecule has 0 spiro atoms. The van der Waals surface area contributed by atoms with Crippen LogP contribution in [0.15, 0.2) is 41.5 Å². The predicted octanol–water partition coefficient (Wildman–Crippen LogP) is 3.04. The molecule has 0 radical (unpaired) electrons. The first-order valence-corrected chi connectivity index (χ1v) is 4.58. The molecule has 0 aliphatic rings. The fraction of sp³-hybridized carbons (Fsp3) is 0.250. The molecule has 1 aromatic rings. The van der Waals surface area contributed by atoms with Crippen LogP contribution < -0.4 is 4.74 Å². The van der Waals surface area contributed by atoms with Crippen LogP contribution in [0.25, 0.3) is 0 Å². The molecule has 1 aromatic carbocycles. The summed E-state index contributed by atoms with van der Waals surface area (Å²) in [5.41, 5.74) is 2.07. The summed E-state index contributed by atoms with van der Waals surface area (Å²) in [4.78, 5) is 4.27. The molecule has 1 rings (SSSR count). The van der Waals surface area contributed by atoms with Crippen LogP contribution in [0, 0.1) is 0 Å². The maximum Gasteiger partial charge on any atom is 0.119 e. The number of allylic oxidation sites excluding steroid dienone is 1. The quantitative estimate of drug-likeness (QED) is 0.670. The van der Waals surface area contributed by atoms with Crippen molar-refractivity contribution in [3.8, 4) is 5.75 Å². The van der Waals surface area contributed by atoms with Crippen molar-refractivity contribution in [3.05, 3.63) is 42.1 Å². The Morgan fingerprint density at radius 1 is 1.43 bits per heavy atom. The molecular formula is C12H15NO. The lowest BCUT2D eigenvalue weighted by Crippen LogP contribution is -1.94. The van der Waals surface area contributed by atoms with Gasteiger partial charge in [0.1, 0.15) is 5.75 Å². The van der Waals surface area contributed by atoms with Crippen LogP contribution in [-0.2, 0) is 0 Å². The number of rotatable bonds is 3. The van der Waals surface area contributed by atoms with Crippen molar-refractivity contribution < 1.29 is 4.74 Å². The van der Waals surface area contributed by atoms with Crippen LogP contribution in [0.2, 0.25) is 0 Å². The fourth-order valence-corrected chi connectivity index (χ4v) is 1.11. The summed E-state index contributed by atoms with van der Waals surface area (Å²) in [5, 5.41) is 0. The van der Waals surface area contributed by atoms with Crippen LogP contribution >= 0.6 is 0 Å². The van der Waals surface area contributed by atoms with Crippen LogP contribution in [0.5, 0.6) is 5.75 Å². The summed E-state index contributed by atoms with van der Waals surface area (Å²) in [7, 11) is 1.66. The van der Waals surface area contributed by atoms with Crippen molar-refractivity contribution in [3.63, 3.8) is 0 Å². The highest BCUT2D eigenvalue weighted by atomic mass is 16.5. The Kier molecular flexibility index (Phi) is 3.92. The van der Waals surface area contributed by atoms with Crippen LogP contribution in [0.4, 0.5) is 0 Å². The molecule has 0 amide bonds. The highest BCUT2D eigenvalue weighted by molar-refractivity contribution is 5.99. The van der Waals surface area contributed by atoms with Gasteiger partial charge in [-0.05, 0) is 31.5 Å². The van der Waals surface area contributed by atoms with Crippen molar-refractivity contribution in [2.45, 2.75) is 13.8 Å². The average molecular weight is 189 g/mol. The smallest absolute Gasteiger partial charge is 0.119 e. The van der Waals surface area contributed by atoms with E-state index in [0.717, 1.165) is 17.0 Å². The third-order valence-electron chi connectivity index (χ3n) is 1.90. The van der Waals surface area contributed by atoms with Crippen molar-refractivity contribution in [1.29, 1.82) is 0 Å². The zero-order valence-corrected chi connectivity index (χ0v) is 8.82. The van der Waals surface area contributed by atoms with E-state index < -0.39 is 0 Å². The summed E-state index contributed by atoms with van der Waals surface area (Å²) in [6, 6.07) is 7.88. The summed E-state index contributed by atoms with van der Waals surface area (Å²) in [6.07, 6.45) is 3.69. The van der Waals surface area contributed by atoms with E-state index in [-0.39, 0.29) is 0 Å². The molecule has 0 unspecified atom stereocenters. The van der Waals surface area contributed by atoms with E-state index >= 15 is 0 Å². The molecule has 2 nitrogen and oxygen atoms in total. The predicted molar refractivity (Wildman–Crippen MR) is 60.0 cm³/mol. The minimum Gasteiger partial charge on any atom is -0.497 e. The van der Waals surface area contributed by atoms with Crippen molar-refractivity contribution >= 4 is 5.71 Å². The zero-order valence-electron chi connectivity index (χ0n) is 8.82. The maximum atomic E-state index is 5.14. The van der Waals surface area contributed by atoms with Gasteiger partial charge in [-0.25, -0.2) is 0 Å². The Hall–Kier alpha value is -1.57. The normalized spacial score (nSPS) is 12.1. The number of hydrogen-bond donors (Lipinski definition) is 0. The van der Waals surface area contributed by atoms with E-state index in [1.54, 1.807) is 13.3 Å². The molecule has 0 saturated carbocycles. The molecule has 74 valence electrons. The van der Waals surface area contributed by atoms with Gasteiger partial charge in [-0.2, -0.15) is 0 Å². The van der Waals surface area contributed by atoms with Crippen LogP contribution in [0.1, 0.15) is 19.4 Å². The second kappa shape index (κ2) is 5.22. The Morgan fingerprint density at radius 2 is 2.21 bits per heavy atom. The van der Waals surface area contributed by atoms with Crippen molar-refractivity contribution in [2.75, 3.05) is 7.11 Å². The molecular weight excluding hydrogens is 174 g/mol. The third kappa shape index (κ3) is 2.73. The second-order valence-electron chi connectivity index (χ2n) is 2.93. The van der Waals surface area contributed by atoms with Gasteiger partial charge < -0.3 is 4.74 Å². The second-order valence-corrected chi connectivity index (χ2v) is 2.93. The standard InChI is InChI=1S/C12H15NO/c1-4-8-13-10(2)11-6-5-7-12(9-11)14-3/h4-9H,1-3H3. The minimum absolute atomic E-state index is 0.859. The van der Waals surface area contributed by atoms with E-state index in [2.05, 4.69) is 4.99 Å². The SMILES string of the molecule is CC=CN=C(C)c1cccc(OC)c1. The highest BCUT2D eigenvalue weighted by Gasteiger charge is 1.97. The van der Waals surface area contributed by atoms with Crippen molar-refractivity contribution in [1.82, 2.24) is 0 Å². The van der Waals surface area contributed by atoms with Gasteiger partial charge in [0, 0.05) is 11.9 Å². The molecule has 0 atom stereocenters. The average Bonchev–Trinajstić information content (AvgIpc) is 2.26. The third-order valence-corrected chi connectivity index (χ3v) is 1.90. The number of hydrogen-bond acceptors (Lipinski definition) is 2. The van der Waals surface area contributed by atoms with Crippen molar-refractivity contribution in [2.24, 2.45) is 4.99 Å². The lowest BCUT2D eigenvalue weighted by Gasteiger charge is -2.02. The Labute approximate surface area is 84.9 Å². The molecule has 0 bridgehead atoms. The first-order valence-electron chi connectivity index (χ1n) is 4.58. The van der Waals surface area contributed by atoms with Crippen LogP contribution in [-0.4, -0.2) is 12.8 Å². The Balaban J connectivity index is 2.95. The van der Waals surface area contributed by atoms with Gasteiger partial charge in [-0.15, -0.1) is 0 Å². The van der Waals surface area contributed by atoms with E-state index in [9.17, 15) is 0 Å². The summed E-state index contributed by atoms with van der Waals surface area (Å²) in [5.74, 6) is 0.859. The molecule has 0 fully saturated rings. The molecule has 14 heavy (non-hydrogen) atoms. The number of benzene rings is 1. The van der Waals surface area contributed by atoms with Gasteiger partial charge in [-0.1, -0.05) is 18.2 Å². The van der Waals surface area contributed by atoms with Gasteiger partial charge in [-0.3, -0.25) is 4.99 Å². The Bertz CT molecular complexity index is 353. The topological polar surface area (TPSA) is 21.6 Å². The monoisotopic (exact) mass is 189 g/mol. The molecule has 2 heteroatoms. The number of ether oxygens (including phenoxy) is 1. The number of nitrogens with zero attached hydrogens (tertiary/aromatic N) is 1. The lowest BCUT2D eigenvalue weighted by atomic mass is 10.1. The zero-order chi connectivity index (χ0) is 10.4. The summed E-state index contributed by atoms with van der Waals surface area (Å²) >= 11 is 0. The van der Waals surface area contributed by atoms with Gasteiger partial charge in [0.15, 0.2) is 0 Å². The van der Waals surface area contributed by atoms with Gasteiger partial charge in [0.05, 0.1) is 7.11 Å². The van der Waals surface area contributed by atoms with E-state index in [1.807, 2.05) is 44.2 Å². The first-order chi connectivity index (χ1) is 6.77. The minimum atomic E-state index is 0.859. The number of aliphatic imine (C=N–C) groups is 1. The maximum absolute atomic E-state index is 5.14. The van der Waals surface area contributed by atoms with Gasteiger partial charge in [0.25, 0.3) is 0 Å². The molecule has 0 aromatic heterocycles. The number of methoxy groups -OCH3 is 1. The van der Waals surface area contributed by atoms with Gasteiger partial charge >= 0.3 is 0 Å². The fourth-order valence-electron chi connectivity index (χ4n) is 1.11. The summed E-state index contributed by atoms with van der Waals surface area (Å²) in [6.45, 7) is 3.93. The molecule has 0 aliphatic heterocycles. The van der Waals surface area contributed by atoms with E-state index in [0.29, 0.717) is 0 Å². The van der Waals surface area contributed by atoms with E-state index in [4.69, 9.17) is 4.74 Å². The molecule has 0 saturated heterocycles. The first kappa shape index (κ1) is 10.5. The molecule has 0 aliphatic carbocycles. The molecule has 0 N–H and O–H groups in total.